The second-order valence-corrected chi connectivity index (χ2v) is 4.85. The van der Waals surface area contributed by atoms with Crippen LogP contribution in [0.1, 0.15) is 24.6 Å². The van der Waals surface area contributed by atoms with E-state index in [1.165, 1.54) is 11.0 Å². The van der Waals surface area contributed by atoms with Crippen LogP contribution in [-0.2, 0) is 11.3 Å². The number of nitrogens with zero attached hydrogens (tertiary/aromatic N) is 4. The molecule has 0 fully saturated rings. The van der Waals surface area contributed by atoms with Gasteiger partial charge in [-0.15, -0.1) is 5.10 Å². The first kappa shape index (κ1) is 13.8. The molecule has 2 heterocycles. The van der Waals surface area contributed by atoms with Gasteiger partial charge in [-0.1, -0.05) is 18.2 Å². The molecule has 2 aromatic heterocycles. The number of benzene rings is 1. The first-order chi connectivity index (χ1) is 10.7. The first-order valence-corrected chi connectivity index (χ1v) is 6.73. The third-order valence-corrected chi connectivity index (χ3v) is 3.19. The summed E-state index contributed by atoms with van der Waals surface area (Å²) >= 11 is 0. The Hall–Kier alpha value is -3.14. The Morgan fingerprint density at radius 3 is 3.05 bits per heavy atom. The lowest BCUT2D eigenvalue weighted by Gasteiger charge is -2.11. The number of aromatic nitrogens is 3. The zero-order valence-corrected chi connectivity index (χ0v) is 11.9. The maximum Gasteiger partial charge on any atom is 0.252 e. The van der Waals surface area contributed by atoms with E-state index in [1.807, 2.05) is 43.3 Å². The zero-order valence-electron chi connectivity index (χ0n) is 11.9. The summed E-state index contributed by atoms with van der Waals surface area (Å²) in [5.41, 5.74) is 0.786. The lowest BCUT2D eigenvalue weighted by molar-refractivity contribution is -0.122. The van der Waals surface area contributed by atoms with Gasteiger partial charge in [0.25, 0.3) is 5.82 Å². The highest BCUT2D eigenvalue weighted by molar-refractivity contribution is 5.79. The van der Waals surface area contributed by atoms with E-state index in [1.54, 1.807) is 0 Å². The van der Waals surface area contributed by atoms with E-state index in [4.69, 9.17) is 9.68 Å². The quantitative estimate of drug-likeness (QED) is 0.791. The van der Waals surface area contributed by atoms with Crippen LogP contribution in [0.2, 0.25) is 0 Å². The van der Waals surface area contributed by atoms with Crippen molar-refractivity contribution in [2.45, 2.75) is 19.5 Å². The topological polar surface area (TPSA) is 96.7 Å². The maximum absolute atomic E-state index is 12.0. The molecule has 3 rings (SSSR count). The van der Waals surface area contributed by atoms with E-state index in [0.717, 1.165) is 11.0 Å². The van der Waals surface area contributed by atoms with Gasteiger partial charge in [-0.25, -0.2) is 9.67 Å². The van der Waals surface area contributed by atoms with Crippen LogP contribution in [0.15, 0.2) is 41.1 Å². The van der Waals surface area contributed by atoms with Crippen molar-refractivity contribution in [2.24, 2.45) is 0 Å². The number of hydrogen-bond acceptors (Lipinski definition) is 5. The number of carbonyl (C=O) groups excluding carboxylic acids is 1. The van der Waals surface area contributed by atoms with E-state index in [9.17, 15) is 4.79 Å². The molecule has 110 valence electrons. The predicted molar refractivity (Wildman–Crippen MR) is 77.5 cm³/mol. The molecule has 1 atom stereocenters. The third-order valence-electron chi connectivity index (χ3n) is 3.19. The molecule has 1 amide bonds. The van der Waals surface area contributed by atoms with Gasteiger partial charge in [-0.3, -0.25) is 4.79 Å². The second kappa shape index (κ2) is 5.69. The average Bonchev–Trinajstić information content (AvgIpc) is 3.12. The van der Waals surface area contributed by atoms with Crippen molar-refractivity contribution in [2.75, 3.05) is 0 Å². The molecule has 1 N–H and O–H groups in total. The third kappa shape index (κ3) is 2.81. The molecule has 0 aliphatic rings. The summed E-state index contributed by atoms with van der Waals surface area (Å²) in [4.78, 5) is 15.7. The molecule has 0 saturated heterocycles. The van der Waals surface area contributed by atoms with Crippen LogP contribution in [0.25, 0.3) is 11.0 Å². The predicted octanol–water partition coefficient (Wildman–Crippen LogP) is 1.77. The number of nitriles is 1. The summed E-state index contributed by atoms with van der Waals surface area (Å²) in [7, 11) is 0. The molecule has 0 radical (unpaired) electrons. The number of carbonyl (C=O) groups is 1. The first-order valence-electron chi connectivity index (χ1n) is 6.73. The molecule has 7 nitrogen and oxygen atoms in total. The minimum atomic E-state index is -0.265. The Balaban J connectivity index is 1.66. The fraction of sp³-hybridized carbons (Fsp3) is 0.200. The largest absolute Gasteiger partial charge is 0.459 e. The number of hydrogen-bond donors (Lipinski definition) is 1. The Morgan fingerprint density at radius 2 is 2.32 bits per heavy atom. The normalized spacial score (nSPS) is 12.0. The summed E-state index contributed by atoms with van der Waals surface area (Å²) in [5, 5.41) is 16.3. The van der Waals surface area contributed by atoms with Gasteiger partial charge in [0.1, 0.15) is 30.3 Å². The van der Waals surface area contributed by atoms with Crippen LogP contribution < -0.4 is 5.32 Å². The molecule has 7 heteroatoms. The number of nitrogens with one attached hydrogen (secondary N) is 1. The van der Waals surface area contributed by atoms with Gasteiger partial charge in [-0.2, -0.15) is 5.26 Å². The van der Waals surface area contributed by atoms with Gasteiger partial charge in [-0.05, 0) is 19.1 Å². The van der Waals surface area contributed by atoms with Crippen molar-refractivity contribution in [3.05, 3.63) is 48.2 Å². The van der Waals surface area contributed by atoms with Crippen molar-refractivity contribution >= 4 is 16.9 Å². The van der Waals surface area contributed by atoms with E-state index < -0.39 is 0 Å². The summed E-state index contributed by atoms with van der Waals surface area (Å²) in [6, 6.07) is 11.1. The fourth-order valence-electron chi connectivity index (χ4n) is 2.14. The molecule has 0 saturated carbocycles. The van der Waals surface area contributed by atoms with Gasteiger partial charge in [0, 0.05) is 5.39 Å². The summed E-state index contributed by atoms with van der Waals surface area (Å²) in [5.74, 6) is 0.492. The molecule has 0 aliphatic carbocycles. The lowest BCUT2D eigenvalue weighted by Crippen LogP contribution is -2.30. The number of rotatable bonds is 4. The summed E-state index contributed by atoms with van der Waals surface area (Å²) in [6.45, 7) is 1.84. The minimum Gasteiger partial charge on any atom is -0.459 e. The van der Waals surface area contributed by atoms with E-state index in [-0.39, 0.29) is 24.3 Å². The van der Waals surface area contributed by atoms with Crippen molar-refractivity contribution in [1.82, 2.24) is 20.1 Å². The molecule has 0 bridgehead atoms. The number of furan rings is 1. The van der Waals surface area contributed by atoms with Gasteiger partial charge in [0.15, 0.2) is 0 Å². The summed E-state index contributed by atoms with van der Waals surface area (Å²) < 4.78 is 7.03. The SMILES string of the molecule is CC(NC(=O)Cn1cnc(C#N)n1)c1cc2ccccc2o1. The average molecular weight is 295 g/mol. The Labute approximate surface area is 126 Å². The highest BCUT2D eigenvalue weighted by atomic mass is 16.3. The molecule has 0 spiro atoms. The van der Waals surface area contributed by atoms with Gasteiger partial charge in [0.05, 0.1) is 6.04 Å². The van der Waals surface area contributed by atoms with Crippen LogP contribution in [-0.4, -0.2) is 20.7 Å². The van der Waals surface area contributed by atoms with E-state index in [2.05, 4.69) is 15.4 Å². The molecule has 1 unspecified atom stereocenters. The Bertz CT molecular complexity index is 825. The van der Waals surface area contributed by atoms with Crippen molar-refractivity contribution < 1.29 is 9.21 Å². The Morgan fingerprint density at radius 1 is 1.50 bits per heavy atom. The van der Waals surface area contributed by atoms with Crippen LogP contribution in [0.4, 0.5) is 0 Å². The van der Waals surface area contributed by atoms with Crippen LogP contribution in [0.3, 0.4) is 0 Å². The van der Waals surface area contributed by atoms with Gasteiger partial charge >= 0.3 is 0 Å². The smallest absolute Gasteiger partial charge is 0.252 e. The number of para-hydroxylation sites is 1. The molecule has 1 aromatic carbocycles. The van der Waals surface area contributed by atoms with E-state index >= 15 is 0 Å². The standard InChI is InChI=1S/C15H13N5O2/c1-10(13-6-11-4-2-3-5-12(11)22-13)18-15(21)8-20-9-17-14(7-16)19-20/h2-6,9-10H,8H2,1H3,(H,18,21). The highest BCUT2D eigenvalue weighted by Gasteiger charge is 2.14. The second-order valence-electron chi connectivity index (χ2n) is 4.85. The number of fused-ring (bicyclic) bond motifs is 1. The molecular formula is C15H13N5O2. The highest BCUT2D eigenvalue weighted by Crippen LogP contribution is 2.23. The molecular weight excluding hydrogens is 282 g/mol. The van der Waals surface area contributed by atoms with Crippen LogP contribution in [0.5, 0.6) is 0 Å². The Kier molecular flexibility index (Phi) is 3.58. The molecule has 3 aromatic rings. The van der Waals surface area contributed by atoms with Crippen LogP contribution in [0, 0.1) is 11.3 Å². The molecule has 0 aliphatic heterocycles. The van der Waals surface area contributed by atoms with Crippen molar-refractivity contribution in [1.29, 1.82) is 5.26 Å². The monoisotopic (exact) mass is 295 g/mol. The summed E-state index contributed by atoms with van der Waals surface area (Å²) in [6.07, 6.45) is 1.35. The maximum atomic E-state index is 12.0. The minimum absolute atomic E-state index is 0.000746. The number of amides is 1. The molecule has 22 heavy (non-hydrogen) atoms. The van der Waals surface area contributed by atoms with Crippen molar-refractivity contribution in [3.63, 3.8) is 0 Å². The van der Waals surface area contributed by atoms with Gasteiger partial charge < -0.3 is 9.73 Å². The van der Waals surface area contributed by atoms with Crippen molar-refractivity contribution in [3.8, 4) is 6.07 Å². The fourth-order valence-corrected chi connectivity index (χ4v) is 2.14. The van der Waals surface area contributed by atoms with E-state index in [0.29, 0.717) is 5.76 Å². The van der Waals surface area contributed by atoms with Crippen LogP contribution >= 0.6 is 0 Å². The zero-order chi connectivity index (χ0) is 15.5. The lowest BCUT2D eigenvalue weighted by atomic mass is 10.2. The van der Waals surface area contributed by atoms with Gasteiger partial charge in [0.2, 0.25) is 5.91 Å².